The Hall–Kier alpha value is -1.10. The molecule has 4 nitrogen and oxygen atoms in total. The average molecular weight is 338 g/mol. The third kappa shape index (κ3) is 4.46. The highest BCUT2D eigenvalue weighted by atomic mass is 35.5. The first kappa shape index (κ1) is 18.2. The first-order valence-electron chi connectivity index (χ1n) is 8.35. The minimum atomic E-state index is 0. The van der Waals surface area contributed by atoms with Gasteiger partial charge in [0.05, 0.1) is 0 Å². The number of nitrogens with one attached hydrogen (secondary N) is 1. The predicted molar refractivity (Wildman–Crippen MR) is 96.4 cm³/mol. The van der Waals surface area contributed by atoms with Gasteiger partial charge in [0.15, 0.2) is 0 Å². The monoisotopic (exact) mass is 337 g/mol. The summed E-state index contributed by atoms with van der Waals surface area (Å²) in [5.41, 5.74) is 2.41. The molecular weight excluding hydrogens is 310 g/mol. The van der Waals surface area contributed by atoms with Gasteiger partial charge in [-0.3, -0.25) is 9.69 Å². The summed E-state index contributed by atoms with van der Waals surface area (Å²) in [6.45, 7) is 11.5. The van der Waals surface area contributed by atoms with E-state index in [1.807, 2.05) is 36.1 Å². The normalized spacial score (nSPS) is 25.2. The summed E-state index contributed by atoms with van der Waals surface area (Å²) in [5, 5.41) is 3.46. The number of benzene rings is 1. The maximum Gasteiger partial charge on any atom is 0.253 e. The molecule has 0 bridgehead atoms. The Morgan fingerprint density at radius 2 is 1.83 bits per heavy atom. The molecule has 1 N–H and O–H groups in total. The fourth-order valence-electron chi connectivity index (χ4n) is 3.53. The van der Waals surface area contributed by atoms with Crippen molar-refractivity contribution in [3.05, 3.63) is 35.4 Å². The fourth-order valence-corrected chi connectivity index (χ4v) is 3.53. The molecule has 0 aliphatic carbocycles. The quantitative estimate of drug-likeness (QED) is 0.918. The second-order valence-electron chi connectivity index (χ2n) is 7.17. The lowest BCUT2D eigenvalue weighted by molar-refractivity contribution is 0.0581. The largest absolute Gasteiger partial charge is 0.336 e. The van der Waals surface area contributed by atoms with Crippen LogP contribution in [0, 0.1) is 12.3 Å². The number of halogens is 1. The van der Waals surface area contributed by atoms with E-state index in [1.165, 1.54) is 12.0 Å². The first-order valence-corrected chi connectivity index (χ1v) is 8.35. The molecule has 1 aromatic rings. The number of carbonyl (C=O) groups excluding carboxylic acids is 1. The maximum atomic E-state index is 12.5. The number of amides is 1. The van der Waals surface area contributed by atoms with Crippen molar-refractivity contribution in [1.29, 1.82) is 0 Å². The number of piperazine rings is 1. The van der Waals surface area contributed by atoms with Crippen LogP contribution in [0.15, 0.2) is 24.3 Å². The summed E-state index contributed by atoms with van der Waals surface area (Å²) >= 11 is 0. The zero-order chi connectivity index (χ0) is 15.6. The van der Waals surface area contributed by atoms with Crippen molar-refractivity contribution in [3.63, 3.8) is 0 Å². The van der Waals surface area contributed by atoms with Gasteiger partial charge in [-0.2, -0.15) is 0 Å². The van der Waals surface area contributed by atoms with Crippen LogP contribution in [0.25, 0.3) is 0 Å². The topological polar surface area (TPSA) is 35.6 Å². The van der Waals surface area contributed by atoms with E-state index in [9.17, 15) is 4.79 Å². The second kappa shape index (κ2) is 7.65. The molecule has 3 rings (SSSR count). The smallest absolute Gasteiger partial charge is 0.253 e. The Bertz CT molecular complexity index is 518. The molecule has 5 heteroatoms. The van der Waals surface area contributed by atoms with Crippen LogP contribution in [0.1, 0.15) is 29.3 Å². The number of nitrogens with zero attached hydrogens (tertiary/aromatic N) is 2. The Balaban J connectivity index is 0.00000192. The highest BCUT2D eigenvalue weighted by Gasteiger charge is 2.32. The average Bonchev–Trinajstić information content (AvgIpc) is 2.94. The molecule has 2 aliphatic rings. The summed E-state index contributed by atoms with van der Waals surface area (Å²) in [6, 6.07) is 7.90. The fraction of sp³-hybridized carbons (Fsp3) is 0.611. The van der Waals surface area contributed by atoms with Crippen molar-refractivity contribution in [2.24, 2.45) is 5.41 Å². The zero-order valence-corrected chi connectivity index (χ0v) is 15.0. The maximum absolute atomic E-state index is 12.5. The van der Waals surface area contributed by atoms with Crippen LogP contribution in [-0.2, 0) is 0 Å². The predicted octanol–water partition coefficient (Wildman–Crippen LogP) is 2.17. The molecular formula is C18H28ClN3O. The van der Waals surface area contributed by atoms with Crippen LogP contribution in [-0.4, -0.2) is 61.5 Å². The van der Waals surface area contributed by atoms with Crippen molar-refractivity contribution in [1.82, 2.24) is 15.1 Å². The Morgan fingerprint density at radius 3 is 2.39 bits per heavy atom. The van der Waals surface area contributed by atoms with Gasteiger partial charge in [-0.05, 0) is 37.4 Å². The van der Waals surface area contributed by atoms with Gasteiger partial charge >= 0.3 is 0 Å². The summed E-state index contributed by atoms with van der Waals surface area (Å²) in [7, 11) is 0. The standard InChI is InChI=1S/C18H27N3O.ClH/c1-15-3-5-16(6-4-15)17(22)21-11-9-20(10-12-21)14-18(2)7-8-19-13-18;/h3-6,19H,7-14H2,1-2H3;1H. The van der Waals surface area contributed by atoms with E-state index in [0.29, 0.717) is 5.41 Å². The lowest BCUT2D eigenvalue weighted by Crippen LogP contribution is -2.51. The highest BCUT2D eigenvalue weighted by molar-refractivity contribution is 5.94. The van der Waals surface area contributed by atoms with Gasteiger partial charge in [0.1, 0.15) is 0 Å². The van der Waals surface area contributed by atoms with Crippen LogP contribution >= 0.6 is 12.4 Å². The number of aryl methyl sites for hydroxylation is 1. The Morgan fingerprint density at radius 1 is 1.17 bits per heavy atom. The molecule has 2 aliphatic heterocycles. The summed E-state index contributed by atoms with van der Waals surface area (Å²) in [6.07, 6.45) is 1.26. The van der Waals surface area contributed by atoms with Gasteiger partial charge in [-0.1, -0.05) is 24.6 Å². The Labute approximate surface area is 145 Å². The first-order chi connectivity index (χ1) is 10.6. The lowest BCUT2D eigenvalue weighted by Gasteiger charge is -2.38. The molecule has 0 spiro atoms. The molecule has 2 heterocycles. The van der Waals surface area contributed by atoms with E-state index in [0.717, 1.165) is 51.4 Å². The van der Waals surface area contributed by atoms with E-state index < -0.39 is 0 Å². The number of carbonyl (C=O) groups is 1. The number of hydrogen-bond acceptors (Lipinski definition) is 3. The molecule has 0 aromatic heterocycles. The van der Waals surface area contributed by atoms with Crippen LogP contribution < -0.4 is 5.32 Å². The van der Waals surface area contributed by atoms with Crippen LogP contribution in [0.2, 0.25) is 0 Å². The molecule has 0 saturated carbocycles. The molecule has 128 valence electrons. The van der Waals surface area contributed by atoms with Crippen LogP contribution in [0.4, 0.5) is 0 Å². The second-order valence-corrected chi connectivity index (χ2v) is 7.17. The SMILES string of the molecule is Cc1ccc(C(=O)N2CCN(CC3(C)CCNC3)CC2)cc1.Cl. The third-order valence-corrected chi connectivity index (χ3v) is 5.02. The molecule has 0 radical (unpaired) electrons. The van der Waals surface area contributed by atoms with Crippen LogP contribution in [0.5, 0.6) is 0 Å². The zero-order valence-electron chi connectivity index (χ0n) is 14.2. The van der Waals surface area contributed by atoms with Crippen molar-refractivity contribution in [2.45, 2.75) is 20.3 Å². The van der Waals surface area contributed by atoms with E-state index in [2.05, 4.69) is 17.1 Å². The molecule has 1 amide bonds. The van der Waals surface area contributed by atoms with E-state index >= 15 is 0 Å². The van der Waals surface area contributed by atoms with Gasteiger partial charge in [0.2, 0.25) is 0 Å². The molecule has 2 fully saturated rings. The Kier molecular flexibility index (Phi) is 6.06. The number of hydrogen-bond donors (Lipinski definition) is 1. The van der Waals surface area contributed by atoms with Gasteiger partial charge in [0.25, 0.3) is 5.91 Å². The minimum absolute atomic E-state index is 0. The van der Waals surface area contributed by atoms with E-state index in [-0.39, 0.29) is 18.3 Å². The molecule has 23 heavy (non-hydrogen) atoms. The van der Waals surface area contributed by atoms with Crippen molar-refractivity contribution < 1.29 is 4.79 Å². The van der Waals surface area contributed by atoms with Crippen molar-refractivity contribution in [2.75, 3.05) is 45.8 Å². The van der Waals surface area contributed by atoms with E-state index in [1.54, 1.807) is 0 Å². The van der Waals surface area contributed by atoms with Gasteiger partial charge in [-0.25, -0.2) is 0 Å². The van der Waals surface area contributed by atoms with Gasteiger partial charge in [0, 0.05) is 44.8 Å². The summed E-state index contributed by atoms with van der Waals surface area (Å²) < 4.78 is 0. The van der Waals surface area contributed by atoms with Crippen molar-refractivity contribution >= 4 is 18.3 Å². The van der Waals surface area contributed by atoms with E-state index in [4.69, 9.17) is 0 Å². The van der Waals surface area contributed by atoms with Crippen LogP contribution in [0.3, 0.4) is 0 Å². The molecule has 1 aromatic carbocycles. The molecule has 1 unspecified atom stereocenters. The molecule has 2 saturated heterocycles. The van der Waals surface area contributed by atoms with Gasteiger partial charge in [-0.15, -0.1) is 12.4 Å². The minimum Gasteiger partial charge on any atom is -0.336 e. The number of rotatable bonds is 3. The summed E-state index contributed by atoms with van der Waals surface area (Å²) in [4.78, 5) is 17.0. The molecule has 1 atom stereocenters. The third-order valence-electron chi connectivity index (χ3n) is 5.02. The highest BCUT2D eigenvalue weighted by Crippen LogP contribution is 2.26. The lowest BCUT2D eigenvalue weighted by atomic mass is 9.89. The summed E-state index contributed by atoms with van der Waals surface area (Å²) in [5.74, 6) is 0.174. The van der Waals surface area contributed by atoms with Crippen molar-refractivity contribution in [3.8, 4) is 0 Å². The van der Waals surface area contributed by atoms with Gasteiger partial charge < -0.3 is 10.2 Å².